The third kappa shape index (κ3) is 3.80. The number of nitrogens with zero attached hydrogens (tertiary/aromatic N) is 2. The number of aryl methyl sites for hydroxylation is 1. The molecule has 4 rings (SSSR count). The van der Waals surface area contributed by atoms with Crippen molar-refractivity contribution in [3.8, 4) is 5.69 Å². The molecule has 4 aromatic rings. The van der Waals surface area contributed by atoms with E-state index in [1.54, 1.807) is 31.2 Å². The Bertz CT molecular complexity index is 1260. The fraction of sp³-hybridized carbons (Fsp3) is 0.136. The molecule has 2 aromatic carbocycles. The van der Waals surface area contributed by atoms with Crippen LogP contribution in [0.4, 0.5) is 4.39 Å². The molecule has 2 N–H and O–H groups in total. The summed E-state index contributed by atoms with van der Waals surface area (Å²) >= 11 is 0. The molecule has 0 aliphatic heterocycles. The number of halogens is 1. The van der Waals surface area contributed by atoms with E-state index in [0.29, 0.717) is 17.7 Å². The van der Waals surface area contributed by atoms with Gasteiger partial charge in [-0.2, -0.15) is 5.10 Å². The van der Waals surface area contributed by atoms with Crippen LogP contribution in [0.5, 0.6) is 0 Å². The number of amides is 1. The minimum atomic E-state index is -0.416. The number of nitrogens with one attached hydrogen (secondary N) is 2. The van der Waals surface area contributed by atoms with Gasteiger partial charge in [0.2, 0.25) is 0 Å². The molecule has 0 aliphatic carbocycles. The summed E-state index contributed by atoms with van der Waals surface area (Å²) in [6, 6.07) is 17.2. The number of hydrogen-bond donors (Lipinski definition) is 2. The first-order valence-corrected chi connectivity index (χ1v) is 9.23. The largest absolute Gasteiger partial charge is 0.350 e. The van der Waals surface area contributed by atoms with E-state index in [9.17, 15) is 14.0 Å². The number of pyridine rings is 1. The van der Waals surface area contributed by atoms with Crippen LogP contribution in [0.2, 0.25) is 0 Å². The van der Waals surface area contributed by atoms with Crippen molar-refractivity contribution < 1.29 is 9.18 Å². The third-order valence-electron chi connectivity index (χ3n) is 4.71. The molecule has 7 heteroatoms. The summed E-state index contributed by atoms with van der Waals surface area (Å²) in [6.45, 7) is 2.04. The normalized spacial score (nSPS) is 11.0. The van der Waals surface area contributed by atoms with Gasteiger partial charge in [0.15, 0.2) is 5.69 Å². The molecule has 0 fully saturated rings. The first kappa shape index (κ1) is 18.6. The van der Waals surface area contributed by atoms with Gasteiger partial charge < -0.3 is 10.3 Å². The molecule has 0 aliphatic rings. The molecule has 0 bridgehead atoms. The van der Waals surface area contributed by atoms with Gasteiger partial charge in [-0.1, -0.05) is 30.3 Å². The van der Waals surface area contributed by atoms with E-state index in [2.05, 4.69) is 15.4 Å². The SMILES string of the molecule is Cc1cc(C(=O)NCCc2cc3ccccc3[nH]c2=O)nn1-c1ccccc1F. The zero-order valence-electron chi connectivity index (χ0n) is 15.8. The lowest BCUT2D eigenvalue weighted by Crippen LogP contribution is -2.28. The van der Waals surface area contributed by atoms with Crippen LogP contribution >= 0.6 is 0 Å². The Morgan fingerprint density at radius 2 is 1.90 bits per heavy atom. The van der Waals surface area contributed by atoms with E-state index < -0.39 is 5.82 Å². The lowest BCUT2D eigenvalue weighted by molar-refractivity contribution is 0.0948. The molecule has 0 spiro atoms. The number of aromatic amines is 1. The van der Waals surface area contributed by atoms with Gasteiger partial charge in [-0.05, 0) is 49.1 Å². The number of carbonyl (C=O) groups is 1. The van der Waals surface area contributed by atoms with Crippen LogP contribution in [0.1, 0.15) is 21.7 Å². The average Bonchev–Trinajstić information content (AvgIpc) is 3.10. The summed E-state index contributed by atoms with van der Waals surface area (Å²) in [7, 11) is 0. The number of carbonyl (C=O) groups excluding carboxylic acids is 1. The van der Waals surface area contributed by atoms with Crippen LogP contribution in [-0.2, 0) is 6.42 Å². The van der Waals surface area contributed by atoms with Crippen LogP contribution in [0, 0.1) is 12.7 Å². The van der Waals surface area contributed by atoms with E-state index in [0.717, 1.165) is 10.9 Å². The Morgan fingerprint density at radius 3 is 2.72 bits per heavy atom. The van der Waals surface area contributed by atoms with Crippen LogP contribution in [-0.4, -0.2) is 27.2 Å². The van der Waals surface area contributed by atoms with Crippen molar-refractivity contribution in [1.82, 2.24) is 20.1 Å². The smallest absolute Gasteiger partial charge is 0.271 e. The molecule has 29 heavy (non-hydrogen) atoms. The van der Waals surface area contributed by atoms with E-state index in [4.69, 9.17) is 0 Å². The Kier molecular flexibility index (Phi) is 4.95. The highest BCUT2D eigenvalue weighted by molar-refractivity contribution is 5.92. The van der Waals surface area contributed by atoms with Gasteiger partial charge in [0.25, 0.3) is 11.5 Å². The van der Waals surface area contributed by atoms with Crippen molar-refractivity contribution in [3.63, 3.8) is 0 Å². The average molecular weight is 390 g/mol. The third-order valence-corrected chi connectivity index (χ3v) is 4.71. The first-order chi connectivity index (χ1) is 14.0. The van der Waals surface area contributed by atoms with Crippen molar-refractivity contribution >= 4 is 16.8 Å². The molecule has 6 nitrogen and oxygen atoms in total. The molecule has 0 unspecified atom stereocenters. The Labute approximate surface area is 166 Å². The van der Waals surface area contributed by atoms with Crippen molar-refractivity contribution in [2.45, 2.75) is 13.3 Å². The highest BCUT2D eigenvalue weighted by Gasteiger charge is 2.15. The molecule has 2 heterocycles. The number of aromatic nitrogens is 3. The number of benzene rings is 2. The van der Waals surface area contributed by atoms with Gasteiger partial charge in [0.1, 0.15) is 11.5 Å². The van der Waals surface area contributed by atoms with Gasteiger partial charge in [0, 0.05) is 23.3 Å². The maximum absolute atomic E-state index is 14.0. The summed E-state index contributed by atoms with van der Waals surface area (Å²) in [5.74, 6) is -0.790. The van der Waals surface area contributed by atoms with Crippen molar-refractivity contribution in [2.75, 3.05) is 6.54 Å². The van der Waals surface area contributed by atoms with Crippen LogP contribution in [0.25, 0.3) is 16.6 Å². The molecule has 0 atom stereocenters. The molecule has 0 saturated heterocycles. The number of H-pyrrole nitrogens is 1. The number of rotatable bonds is 5. The molecular weight excluding hydrogens is 371 g/mol. The topological polar surface area (TPSA) is 79.8 Å². The van der Waals surface area contributed by atoms with Crippen molar-refractivity contribution in [2.24, 2.45) is 0 Å². The molecule has 0 radical (unpaired) electrons. The van der Waals surface area contributed by atoms with Gasteiger partial charge in [-0.25, -0.2) is 9.07 Å². The molecule has 0 saturated carbocycles. The highest BCUT2D eigenvalue weighted by atomic mass is 19.1. The van der Waals surface area contributed by atoms with Crippen LogP contribution in [0.3, 0.4) is 0 Å². The standard InChI is InChI=1S/C22H19FN4O2/c1-14-12-19(26-27(14)20-9-5-3-7-17(20)23)22(29)24-11-10-16-13-15-6-2-4-8-18(15)25-21(16)28/h2-9,12-13H,10-11H2,1H3,(H,24,29)(H,25,28). The fourth-order valence-corrected chi connectivity index (χ4v) is 3.23. The van der Waals surface area contributed by atoms with Crippen LogP contribution < -0.4 is 10.9 Å². The van der Waals surface area contributed by atoms with E-state index in [1.165, 1.54) is 10.7 Å². The highest BCUT2D eigenvalue weighted by Crippen LogP contribution is 2.15. The lowest BCUT2D eigenvalue weighted by Gasteiger charge is -2.06. The minimum Gasteiger partial charge on any atom is -0.350 e. The van der Waals surface area contributed by atoms with E-state index in [-0.39, 0.29) is 29.4 Å². The summed E-state index contributed by atoms with van der Waals surface area (Å²) in [4.78, 5) is 27.5. The predicted octanol–water partition coefficient (Wildman–Crippen LogP) is 3.13. The maximum atomic E-state index is 14.0. The quantitative estimate of drug-likeness (QED) is 0.549. The second kappa shape index (κ2) is 7.71. The maximum Gasteiger partial charge on any atom is 0.271 e. The number of hydrogen-bond acceptors (Lipinski definition) is 3. The Morgan fingerprint density at radius 1 is 1.14 bits per heavy atom. The van der Waals surface area contributed by atoms with Gasteiger partial charge in [-0.15, -0.1) is 0 Å². The van der Waals surface area contributed by atoms with E-state index >= 15 is 0 Å². The minimum absolute atomic E-state index is 0.169. The van der Waals surface area contributed by atoms with E-state index in [1.807, 2.05) is 30.3 Å². The van der Waals surface area contributed by atoms with Crippen LogP contribution in [0.15, 0.2) is 65.5 Å². The zero-order valence-corrected chi connectivity index (χ0v) is 15.8. The summed E-state index contributed by atoms with van der Waals surface area (Å²) in [5, 5.41) is 7.93. The Balaban J connectivity index is 1.46. The Hall–Kier alpha value is -3.74. The summed E-state index contributed by atoms with van der Waals surface area (Å²) < 4.78 is 15.4. The first-order valence-electron chi connectivity index (χ1n) is 9.23. The molecule has 146 valence electrons. The van der Waals surface area contributed by atoms with Gasteiger partial charge in [0.05, 0.1) is 0 Å². The number of para-hydroxylation sites is 2. The second-order valence-electron chi connectivity index (χ2n) is 6.75. The number of fused-ring (bicyclic) bond motifs is 1. The predicted molar refractivity (Wildman–Crippen MR) is 109 cm³/mol. The molecule has 1 amide bonds. The monoisotopic (exact) mass is 390 g/mol. The fourth-order valence-electron chi connectivity index (χ4n) is 3.23. The van der Waals surface area contributed by atoms with Gasteiger partial charge >= 0.3 is 0 Å². The zero-order chi connectivity index (χ0) is 20.4. The summed E-state index contributed by atoms with van der Waals surface area (Å²) in [5.41, 5.74) is 2.32. The van der Waals surface area contributed by atoms with Gasteiger partial charge in [-0.3, -0.25) is 9.59 Å². The van der Waals surface area contributed by atoms with Crippen molar-refractivity contribution in [1.29, 1.82) is 0 Å². The molecule has 2 aromatic heterocycles. The molecular formula is C22H19FN4O2. The summed E-state index contributed by atoms with van der Waals surface area (Å²) in [6.07, 6.45) is 0.388. The van der Waals surface area contributed by atoms with Crippen molar-refractivity contribution in [3.05, 3.63) is 93.8 Å². The lowest BCUT2D eigenvalue weighted by atomic mass is 10.1. The second-order valence-corrected chi connectivity index (χ2v) is 6.75.